The van der Waals surface area contributed by atoms with Crippen LogP contribution in [0.4, 0.5) is 0 Å². The summed E-state index contributed by atoms with van der Waals surface area (Å²) >= 11 is 0. The van der Waals surface area contributed by atoms with Crippen LogP contribution >= 0.6 is 24.0 Å². The third-order valence-electron chi connectivity index (χ3n) is 5.19. The van der Waals surface area contributed by atoms with Crippen LogP contribution in [-0.2, 0) is 24.4 Å². The fraction of sp³-hybridized carbons (Fsp3) is 0.667. The van der Waals surface area contributed by atoms with Gasteiger partial charge >= 0.3 is 0 Å². The molecule has 2 aromatic heterocycles. The highest BCUT2D eigenvalue weighted by Gasteiger charge is 2.14. The van der Waals surface area contributed by atoms with Crippen molar-refractivity contribution in [1.82, 2.24) is 25.6 Å². The van der Waals surface area contributed by atoms with Gasteiger partial charge in [-0.2, -0.15) is 5.10 Å². The molecule has 0 atom stereocenters. The van der Waals surface area contributed by atoms with Crippen LogP contribution in [0, 0.1) is 13.8 Å². The summed E-state index contributed by atoms with van der Waals surface area (Å²) in [5.41, 5.74) is 4.31. The molecule has 0 aliphatic rings. The average Bonchev–Trinajstić information content (AvgIpc) is 3.28. The lowest BCUT2D eigenvalue weighted by Gasteiger charge is -2.10. The van der Waals surface area contributed by atoms with Gasteiger partial charge in [0.05, 0.1) is 37.6 Å². The van der Waals surface area contributed by atoms with Crippen molar-refractivity contribution in [2.75, 3.05) is 20.3 Å². The van der Waals surface area contributed by atoms with E-state index >= 15 is 0 Å². The fourth-order valence-corrected chi connectivity index (χ4v) is 3.34. The summed E-state index contributed by atoms with van der Waals surface area (Å²) in [6.45, 7) is 13.8. The number of methoxy groups -OCH3 is 1. The smallest absolute Gasteiger partial charge is 0.191 e. The van der Waals surface area contributed by atoms with Gasteiger partial charge in [-0.3, -0.25) is 4.68 Å². The molecule has 0 aromatic carbocycles. The Morgan fingerprint density at radius 3 is 2.60 bits per heavy atom. The Morgan fingerprint density at radius 1 is 1.23 bits per heavy atom. The molecule has 0 unspecified atom stereocenters. The molecule has 0 radical (unpaired) electrons. The summed E-state index contributed by atoms with van der Waals surface area (Å²) in [5, 5.41) is 15.5. The van der Waals surface area contributed by atoms with Crippen LogP contribution in [0.5, 0.6) is 0 Å². The molecule has 0 saturated heterocycles. The van der Waals surface area contributed by atoms with Gasteiger partial charge in [0, 0.05) is 36.9 Å². The van der Waals surface area contributed by atoms with Crippen LogP contribution in [-0.4, -0.2) is 41.2 Å². The third-order valence-corrected chi connectivity index (χ3v) is 5.19. The number of rotatable bonds is 11. The summed E-state index contributed by atoms with van der Waals surface area (Å²) in [4.78, 5) is 4.74. The molecule has 8 nitrogen and oxygen atoms in total. The Kier molecular flexibility index (Phi) is 12.0. The number of hydrogen-bond donors (Lipinski definition) is 2. The summed E-state index contributed by atoms with van der Waals surface area (Å²) in [7, 11) is 1.70. The van der Waals surface area contributed by atoms with Crippen LogP contribution in [0.25, 0.3) is 0 Å². The number of guanidine groups is 1. The minimum Gasteiger partial charge on any atom is -0.383 e. The number of hydrogen-bond acceptors (Lipinski definition) is 5. The number of nitrogens with one attached hydrogen (secondary N) is 2. The van der Waals surface area contributed by atoms with Gasteiger partial charge in [0.25, 0.3) is 0 Å². The largest absolute Gasteiger partial charge is 0.383 e. The lowest BCUT2D eigenvalue weighted by molar-refractivity contribution is 0.182. The second kappa shape index (κ2) is 13.6. The van der Waals surface area contributed by atoms with E-state index in [2.05, 4.69) is 48.6 Å². The van der Waals surface area contributed by atoms with Gasteiger partial charge in [-0.05, 0) is 33.6 Å². The Balaban J connectivity index is 0.00000450. The van der Waals surface area contributed by atoms with E-state index in [0.29, 0.717) is 25.6 Å². The van der Waals surface area contributed by atoms with E-state index < -0.39 is 0 Å². The molecule has 30 heavy (non-hydrogen) atoms. The van der Waals surface area contributed by atoms with Gasteiger partial charge < -0.3 is 19.9 Å². The molecule has 9 heteroatoms. The minimum absolute atomic E-state index is 0. The highest BCUT2D eigenvalue weighted by Crippen LogP contribution is 2.22. The van der Waals surface area contributed by atoms with E-state index in [4.69, 9.17) is 14.3 Å². The first-order valence-corrected chi connectivity index (χ1v) is 10.5. The fourth-order valence-electron chi connectivity index (χ4n) is 3.34. The standard InChI is InChI=1S/C21H36N6O2.HI/c1-7-17(8-2)20-12-18(29-26-20)13-23-21(22-9-3)24-14-19-15(4)25-27(16(19)5)10-11-28-6;/h12,17H,7-11,13-14H2,1-6H3,(H2,22,23,24);1H. The second-order valence-corrected chi connectivity index (χ2v) is 7.15. The number of halogens is 1. The molecule has 0 aliphatic heterocycles. The molecule has 2 rings (SSSR count). The molecule has 2 N–H and O–H groups in total. The molecular weight excluding hydrogens is 495 g/mol. The van der Waals surface area contributed by atoms with Crippen molar-refractivity contribution in [3.63, 3.8) is 0 Å². The lowest BCUT2D eigenvalue weighted by atomic mass is 9.99. The molecule has 170 valence electrons. The maximum absolute atomic E-state index is 5.50. The van der Waals surface area contributed by atoms with Crippen molar-refractivity contribution >= 4 is 29.9 Å². The Bertz CT molecular complexity index is 783. The van der Waals surface area contributed by atoms with Gasteiger partial charge in [0.2, 0.25) is 0 Å². The molecule has 0 amide bonds. The minimum atomic E-state index is 0. The van der Waals surface area contributed by atoms with Crippen molar-refractivity contribution < 1.29 is 9.26 Å². The van der Waals surface area contributed by atoms with Crippen LogP contribution < -0.4 is 10.6 Å². The highest BCUT2D eigenvalue weighted by atomic mass is 127. The quantitative estimate of drug-likeness (QED) is 0.259. The van der Waals surface area contributed by atoms with Gasteiger partial charge in [-0.15, -0.1) is 24.0 Å². The maximum atomic E-state index is 5.50. The molecular formula is C21H37IN6O2. The molecule has 0 saturated carbocycles. The van der Waals surface area contributed by atoms with Gasteiger partial charge in [-0.25, -0.2) is 4.99 Å². The first kappa shape index (κ1) is 26.4. The van der Waals surface area contributed by atoms with E-state index in [1.165, 1.54) is 0 Å². The zero-order valence-electron chi connectivity index (χ0n) is 19.1. The molecule has 0 spiro atoms. The van der Waals surface area contributed by atoms with E-state index in [1.807, 2.05) is 17.7 Å². The number of aryl methyl sites for hydroxylation is 1. The Hall–Kier alpha value is -1.62. The molecule has 2 aromatic rings. The van der Waals surface area contributed by atoms with E-state index in [9.17, 15) is 0 Å². The van der Waals surface area contributed by atoms with Gasteiger partial charge in [0.15, 0.2) is 11.7 Å². The van der Waals surface area contributed by atoms with Crippen molar-refractivity contribution in [2.45, 2.75) is 73.0 Å². The topological polar surface area (TPSA) is 89.5 Å². The third kappa shape index (κ3) is 7.26. The van der Waals surface area contributed by atoms with E-state index in [-0.39, 0.29) is 24.0 Å². The van der Waals surface area contributed by atoms with Crippen molar-refractivity contribution in [3.05, 3.63) is 34.5 Å². The van der Waals surface area contributed by atoms with Crippen LogP contribution in [0.2, 0.25) is 0 Å². The predicted octanol–water partition coefficient (Wildman–Crippen LogP) is 3.91. The maximum Gasteiger partial charge on any atom is 0.191 e. The lowest BCUT2D eigenvalue weighted by Crippen LogP contribution is -2.36. The monoisotopic (exact) mass is 532 g/mol. The number of aromatic nitrogens is 3. The van der Waals surface area contributed by atoms with Gasteiger partial charge in [0.1, 0.15) is 0 Å². The summed E-state index contributed by atoms with van der Waals surface area (Å²) in [5.74, 6) is 2.02. The van der Waals surface area contributed by atoms with E-state index in [0.717, 1.165) is 60.3 Å². The number of ether oxygens (including phenoxy) is 1. The van der Waals surface area contributed by atoms with Crippen molar-refractivity contribution in [2.24, 2.45) is 4.99 Å². The first-order valence-electron chi connectivity index (χ1n) is 10.5. The predicted molar refractivity (Wildman–Crippen MR) is 130 cm³/mol. The SMILES string of the molecule is CCNC(=NCc1c(C)nn(CCOC)c1C)NCc1cc(C(CC)CC)no1.I. The molecule has 2 heterocycles. The van der Waals surface area contributed by atoms with Crippen LogP contribution in [0.15, 0.2) is 15.6 Å². The van der Waals surface area contributed by atoms with Crippen molar-refractivity contribution in [1.29, 1.82) is 0 Å². The normalized spacial score (nSPS) is 11.6. The highest BCUT2D eigenvalue weighted by molar-refractivity contribution is 14.0. The second-order valence-electron chi connectivity index (χ2n) is 7.15. The van der Waals surface area contributed by atoms with E-state index in [1.54, 1.807) is 7.11 Å². The average molecular weight is 532 g/mol. The summed E-state index contributed by atoms with van der Waals surface area (Å²) in [6, 6.07) is 2.04. The van der Waals surface area contributed by atoms with Crippen LogP contribution in [0.1, 0.15) is 67.9 Å². The Morgan fingerprint density at radius 2 is 1.97 bits per heavy atom. The number of aliphatic imine (C=N–C) groups is 1. The summed E-state index contributed by atoms with van der Waals surface area (Å²) in [6.07, 6.45) is 2.13. The molecule has 0 fully saturated rings. The summed E-state index contributed by atoms with van der Waals surface area (Å²) < 4.78 is 12.6. The molecule has 0 aliphatic carbocycles. The van der Waals surface area contributed by atoms with Crippen molar-refractivity contribution in [3.8, 4) is 0 Å². The Labute approximate surface area is 197 Å². The number of nitrogens with zero attached hydrogens (tertiary/aromatic N) is 4. The molecule has 0 bridgehead atoms. The zero-order valence-corrected chi connectivity index (χ0v) is 21.4. The van der Waals surface area contributed by atoms with Gasteiger partial charge in [-0.1, -0.05) is 19.0 Å². The van der Waals surface area contributed by atoms with Crippen LogP contribution in [0.3, 0.4) is 0 Å². The zero-order chi connectivity index (χ0) is 21.2. The first-order chi connectivity index (χ1) is 14.0.